The van der Waals surface area contributed by atoms with E-state index in [2.05, 4.69) is 0 Å². The molecule has 112 valence electrons. The molecule has 2 aliphatic heterocycles. The van der Waals surface area contributed by atoms with Gasteiger partial charge in [-0.1, -0.05) is 13.0 Å². The van der Waals surface area contributed by atoms with Gasteiger partial charge in [0.1, 0.15) is 0 Å². The smallest absolute Gasteiger partial charge is 0.245 e. The average Bonchev–Trinajstić information content (AvgIpc) is 3.14. The highest BCUT2D eigenvalue weighted by molar-refractivity contribution is 5.84. The van der Waals surface area contributed by atoms with Crippen molar-refractivity contribution in [3.63, 3.8) is 0 Å². The maximum Gasteiger partial charge on any atom is 0.245 e. The van der Waals surface area contributed by atoms with E-state index in [1.54, 1.807) is 16.9 Å². The first kappa shape index (κ1) is 13.7. The number of benzene rings is 1. The molecule has 1 fully saturated rings. The third kappa shape index (κ3) is 2.66. The first-order chi connectivity index (χ1) is 10.2. The predicted octanol–water partition coefficient (Wildman–Crippen LogP) is 1.34. The van der Waals surface area contributed by atoms with E-state index in [9.17, 15) is 9.59 Å². The summed E-state index contributed by atoms with van der Waals surface area (Å²) in [6, 6.07) is 5.49. The number of amides is 2. The van der Waals surface area contributed by atoms with E-state index in [0.717, 1.165) is 12.0 Å². The minimum absolute atomic E-state index is 0.00784. The highest BCUT2D eigenvalue weighted by atomic mass is 16.7. The summed E-state index contributed by atoms with van der Waals surface area (Å²) in [6.07, 6.45) is 1.50. The molecule has 0 aliphatic carbocycles. The van der Waals surface area contributed by atoms with Gasteiger partial charge in [0.15, 0.2) is 11.5 Å². The van der Waals surface area contributed by atoms with Crippen LogP contribution in [0.5, 0.6) is 11.5 Å². The molecule has 6 heteroatoms. The van der Waals surface area contributed by atoms with Gasteiger partial charge in [-0.15, -0.1) is 0 Å². The number of nitrogens with zero attached hydrogens (tertiary/aromatic N) is 2. The Hall–Kier alpha value is -2.24. The Morgan fingerprint density at radius 3 is 2.57 bits per heavy atom. The van der Waals surface area contributed by atoms with Gasteiger partial charge in [0.2, 0.25) is 18.6 Å². The second-order valence-corrected chi connectivity index (χ2v) is 5.11. The first-order valence-corrected chi connectivity index (χ1v) is 7.18. The molecule has 21 heavy (non-hydrogen) atoms. The Bertz CT molecular complexity index is 573. The van der Waals surface area contributed by atoms with Crippen LogP contribution in [0.4, 0.5) is 0 Å². The lowest BCUT2D eigenvalue weighted by Gasteiger charge is -2.27. The summed E-state index contributed by atoms with van der Waals surface area (Å²) in [5.41, 5.74) is 0.861. The Kier molecular flexibility index (Phi) is 3.68. The first-order valence-electron chi connectivity index (χ1n) is 7.18. The normalized spacial score (nSPS) is 16.4. The number of hydrazine groups is 1. The van der Waals surface area contributed by atoms with E-state index in [4.69, 9.17) is 9.47 Å². The molecule has 3 rings (SSSR count). The van der Waals surface area contributed by atoms with Gasteiger partial charge < -0.3 is 9.47 Å². The van der Waals surface area contributed by atoms with Gasteiger partial charge in [-0.3, -0.25) is 19.6 Å². The monoisotopic (exact) mass is 290 g/mol. The fourth-order valence-electron chi connectivity index (χ4n) is 2.63. The van der Waals surface area contributed by atoms with Gasteiger partial charge in [0.25, 0.3) is 0 Å². The van der Waals surface area contributed by atoms with Crippen LogP contribution in [-0.4, -0.2) is 41.7 Å². The molecular weight excluding hydrogens is 272 g/mol. The van der Waals surface area contributed by atoms with Crippen molar-refractivity contribution < 1.29 is 19.1 Å². The molecule has 0 radical (unpaired) electrons. The van der Waals surface area contributed by atoms with E-state index in [1.165, 1.54) is 0 Å². The molecule has 2 amide bonds. The van der Waals surface area contributed by atoms with Crippen LogP contribution in [0.15, 0.2) is 18.2 Å². The average molecular weight is 290 g/mol. The molecule has 0 N–H and O–H groups in total. The van der Waals surface area contributed by atoms with Crippen LogP contribution in [-0.2, 0) is 16.0 Å². The second kappa shape index (κ2) is 5.63. The third-order valence-corrected chi connectivity index (χ3v) is 3.70. The van der Waals surface area contributed by atoms with E-state index in [1.807, 2.05) is 18.2 Å². The van der Waals surface area contributed by atoms with Crippen molar-refractivity contribution in [2.45, 2.75) is 26.2 Å². The van der Waals surface area contributed by atoms with Gasteiger partial charge in [-0.25, -0.2) is 0 Å². The number of carbonyl (C=O) groups is 2. The number of rotatable bonds is 3. The predicted molar refractivity (Wildman–Crippen MR) is 74.6 cm³/mol. The van der Waals surface area contributed by atoms with Crippen LogP contribution in [0.1, 0.15) is 25.3 Å². The SMILES string of the molecule is CCC(=O)N1CCCN1C(=O)Cc1ccc2c(c1)OCO2. The largest absolute Gasteiger partial charge is 0.454 e. The van der Waals surface area contributed by atoms with Gasteiger partial charge in [0.05, 0.1) is 6.42 Å². The van der Waals surface area contributed by atoms with Crippen LogP contribution in [0, 0.1) is 0 Å². The fourth-order valence-corrected chi connectivity index (χ4v) is 2.63. The summed E-state index contributed by atoms with van der Waals surface area (Å²) < 4.78 is 10.6. The highest BCUT2D eigenvalue weighted by Crippen LogP contribution is 2.32. The minimum atomic E-state index is -0.0619. The van der Waals surface area contributed by atoms with Gasteiger partial charge >= 0.3 is 0 Å². The molecule has 1 aromatic carbocycles. The third-order valence-electron chi connectivity index (χ3n) is 3.70. The molecular formula is C15H18N2O4. The number of carbonyl (C=O) groups excluding carboxylic acids is 2. The summed E-state index contributed by atoms with van der Waals surface area (Å²) >= 11 is 0. The zero-order valence-corrected chi connectivity index (χ0v) is 12.0. The number of fused-ring (bicyclic) bond motifs is 1. The fraction of sp³-hybridized carbons (Fsp3) is 0.467. The van der Waals surface area contributed by atoms with Crippen molar-refractivity contribution in [1.82, 2.24) is 10.0 Å². The van der Waals surface area contributed by atoms with E-state index in [-0.39, 0.29) is 25.0 Å². The van der Waals surface area contributed by atoms with Crippen LogP contribution < -0.4 is 9.47 Å². The Morgan fingerprint density at radius 2 is 1.81 bits per heavy atom. The highest BCUT2D eigenvalue weighted by Gasteiger charge is 2.29. The van der Waals surface area contributed by atoms with E-state index in [0.29, 0.717) is 31.0 Å². The zero-order chi connectivity index (χ0) is 14.8. The summed E-state index contributed by atoms with van der Waals surface area (Å²) in [7, 11) is 0. The zero-order valence-electron chi connectivity index (χ0n) is 12.0. The summed E-state index contributed by atoms with van der Waals surface area (Å²) in [6.45, 7) is 3.26. The van der Waals surface area contributed by atoms with Crippen molar-refractivity contribution in [1.29, 1.82) is 0 Å². The Balaban J connectivity index is 1.70. The number of hydrogen-bond donors (Lipinski definition) is 0. The van der Waals surface area contributed by atoms with Crippen molar-refractivity contribution in [3.8, 4) is 11.5 Å². The molecule has 2 aliphatic rings. The van der Waals surface area contributed by atoms with E-state index >= 15 is 0 Å². The maximum atomic E-state index is 12.4. The second-order valence-electron chi connectivity index (χ2n) is 5.11. The molecule has 0 atom stereocenters. The maximum absolute atomic E-state index is 12.4. The van der Waals surface area contributed by atoms with Crippen LogP contribution in [0.3, 0.4) is 0 Å². The van der Waals surface area contributed by atoms with Gasteiger partial charge in [-0.05, 0) is 24.1 Å². The molecule has 0 saturated carbocycles. The molecule has 0 unspecified atom stereocenters. The molecule has 0 spiro atoms. The standard InChI is InChI=1S/C15H18N2O4/c1-2-14(18)16-6-3-7-17(16)15(19)9-11-4-5-12-13(8-11)21-10-20-12/h4-5,8H,2-3,6-7,9-10H2,1H3. The van der Waals surface area contributed by atoms with Crippen molar-refractivity contribution >= 4 is 11.8 Å². The summed E-state index contributed by atoms with van der Waals surface area (Å²) in [4.78, 5) is 24.2. The van der Waals surface area contributed by atoms with Crippen LogP contribution >= 0.6 is 0 Å². The minimum Gasteiger partial charge on any atom is -0.454 e. The molecule has 6 nitrogen and oxygen atoms in total. The molecule has 2 heterocycles. The van der Waals surface area contributed by atoms with E-state index < -0.39 is 0 Å². The summed E-state index contributed by atoms with van der Waals surface area (Å²) in [5, 5.41) is 3.13. The van der Waals surface area contributed by atoms with Gasteiger partial charge in [0, 0.05) is 19.5 Å². The molecule has 0 aromatic heterocycles. The molecule has 1 saturated heterocycles. The Labute approximate surface area is 123 Å². The number of ether oxygens (including phenoxy) is 2. The molecule has 0 bridgehead atoms. The quantitative estimate of drug-likeness (QED) is 0.843. The number of hydrogen-bond acceptors (Lipinski definition) is 4. The van der Waals surface area contributed by atoms with Crippen molar-refractivity contribution in [3.05, 3.63) is 23.8 Å². The Morgan fingerprint density at radius 1 is 1.10 bits per heavy atom. The lowest BCUT2D eigenvalue weighted by molar-refractivity contribution is -0.157. The van der Waals surface area contributed by atoms with Crippen LogP contribution in [0.2, 0.25) is 0 Å². The lowest BCUT2D eigenvalue weighted by Crippen LogP contribution is -2.45. The van der Waals surface area contributed by atoms with Crippen LogP contribution in [0.25, 0.3) is 0 Å². The lowest BCUT2D eigenvalue weighted by atomic mass is 10.1. The topological polar surface area (TPSA) is 59.1 Å². The molecule has 1 aromatic rings. The van der Waals surface area contributed by atoms with Crippen molar-refractivity contribution in [2.24, 2.45) is 0 Å². The summed E-state index contributed by atoms with van der Waals surface area (Å²) in [5.74, 6) is 1.30. The van der Waals surface area contributed by atoms with Gasteiger partial charge in [-0.2, -0.15) is 0 Å². The van der Waals surface area contributed by atoms with Crippen molar-refractivity contribution in [2.75, 3.05) is 19.9 Å².